The molecule has 0 unspecified atom stereocenters. The van der Waals surface area contributed by atoms with E-state index in [1.54, 1.807) is 12.3 Å². The minimum atomic E-state index is -0.418. The molecule has 0 aliphatic carbocycles. The molecule has 0 bridgehead atoms. The Kier molecular flexibility index (Phi) is 4.70. The van der Waals surface area contributed by atoms with Crippen LogP contribution in [0.1, 0.15) is 21.6 Å². The number of carbonyl (C=O) groups is 1. The molecule has 3 rings (SSSR count). The molecule has 4 nitrogen and oxygen atoms in total. The molecule has 1 heterocycles. The summed E-state index contributed by atoms with van der Waals surface area (Å²) >= 11 is 0. The minimum Gasteiger partial charge on any atom is -0.352 e. The van der Waals surface area contributed by atoms with Crippen molar-refractivity contribution in [3.8, 4) is 11.4 Å². The molecule has 0 saturated carbocycles. The van der Waals surface area contributed by atoms with Crippen LogP contribution in [-0.4, -0.2) is 22.4 Å². The third-order valence-electron chi connectivity index (χ3n) is 3.72. The maximum Gasteiger partial charge on any atom is 0.251 e. The lowest BCUT2D eigenvalue weighted by Gasteiger charge is -2.04. The summed E-state index contributed by atoms with van der Waals surface area (Å²) in [5, 5.41) is 2.78. The fraction of sp³-hybridized carbons (Fsp3) is 0.158. The van der Waals surface area contributed by atoms with Gasteiger partial charge in [-0.15, -0.1) is 0 Å². The fourth-order valence-corrected chi connectivity index (χ4v) is 2.39. The number of hydrogen-bond acceptors (Lipinski definition) is 2. The number of H-pyrrole nitrogens is 1. The van der Waals surface area contributed by atoms with Gasteiger partial charge in [-0.05, 0) is 25.1 Å². The monoisotopic (exact) mass is 323 g/mol. The van der Waals surface area contributed by atoms with Crippen LogP contribution >= 0.6 is 0 Å². The van der Waals surface area contributed by atoms with Gasteiger partial charge in [0.15, 0.2) is 0 Å². The highest BCUT2D eigenvalue weighted by Gasteiger charge is 2.07. The number of nitrogens with one attached hydrogen (secondary N) is 2. The number of carbonyl (C=O) groups excluding carboxylic acids is 1. The van der Waals surface area contributed by atoms with Crippen molar-refractivity contribution in [2.24, 2.45) is 0 Å². The van der Waals surface area contributed by atoms with Gasteiger partial charge in [0.1, 0.15) is 11.6 Å². The first kappa shape index (κ1) is 15.9. The normalized spacial score (nSPS) is 10.6. The lowest BCUT2D eigenvalue weighted by molar-refractivity contribution is 0.0953. The second-order valence-electron chi connectivity index (χ2n) is 5.64. The van der Waals surface area contributed by atoms with Crippen LogP contribution in [0.2, 0.25) is 0 Å². The number of imidazole rings is 1. The number of aryl methyl sites for hydroxylation is 1. The predicted molar refractivity (Wildman–Crippen MR) is 91.2 cm³/mol. The van der Waals surface area contributed by atoms with Crippen molar-refractivity contribution >= 4 is 5.91 Å². The fourth-order valence-electron chi connectivity index (χ4n) is 2.39. The largest absolute Gasteiger partial charge is 0.352 e. The van der Waals surface area contributed by atoms with Crippen molar-refractivity contribution in [1.29, 1.82) is 0 Å². The van der Waals surface area contributed by atoms with Crippen molar-refractivity contribution in [2.75, 3.05) is 6.54 Å². The first-order chi connectivity index (χ1) is 11.6. The summed E-state index contributed by atoms with van der Waals surface area (Å²) in [5.74, 6) is 0.105. The first-order valence-electron chi connectivity index (χ1n) is 7.76. The van der Waals surface area contributed by atoms with E-state index in [1.807, 2.05) is 31.2 Å². The molecule has 1 aromatic heterocycles. The van der Waals surface area contributed by atoms with Crippen molar-refractivity contribution in [3.63, 3.8) is 0 Å². The number of aromatic nitrogens is 2. The molecule has 0 atom stereocenters. The van der Waals surface area contributed by atoms with Crippen LogP contribution in [-0.2, 0) is 6.42 Å². The van der Waals surface area contributed by atoms with Gasteiger partial charge < -0.3 is 10.3 Å². The van der Waals surface area contributed by atoms with Gasteiger partial charge in [-0.3, -0.25) is 4.79 Å². The molecule has 3 aromatic rings. The Bertz CT molecular complexity index is 840. The molecule has 122 valence electrons. The number of benzene rings is 2. The van der Waals surface area contributed by atoms with Crippen molar-refractivity contribution in [3.05, 3.63) is 77.4 Å². The molecule has 2 aromatic carbocycles. The van der Waals surface area contributed by atoms with E-state index in [0.717, 1.165) is 17.1 Å². The van der Waals surface area contributed by atoms with E-state index in [-0.39, 0.29) is 5.91 Å². The van der Waals surface area contributed by atoms with Gasteiger partial charge in [0.05, 0.1) is 0 Å². The molecule has 24 heavy (non-hydrogen) atoms. The molecule has 5 heteroatoms. The minimum absolute atomic E-state index is 0.284. The van der Waals surface area contributed by atoms with E-state index < -0.39 is 5.82 Å². The van der Waals surface area contributed by atoms with E-state index >= 15 is 0 Å². The molecule has 0 spiro atoms. The van der Waals surface area contributed by atoms with Crippen LogP contribution in [0.5, 0.6) is 0 Å². The second-order valence-corrected chi connectivity index (χ2v) is 5.64. The number of hydrogen-bond donors (Lipinski definition) is 2. The summed E-state index contributed by atoms with van der Waals surface area (Å²) in [7, 11) is 0. The highest BCUT2D eigenvalue weighted by Crippen LogP contribution is 2.16. The van der Waals surface area contributed by atoms with Gasteiger partial charge in [-0.25, -0.2) is 9.37 Å². The zero-order valence-corrected chi connectivity index (χ0v) is 13.3. The Morgan fingerprint density at radius 3 is 2.75 bits per heavy atom. The summed E-state index contributed by atoms with van der Waals surface area (Å²) in [6, 6.07) is 13.8. The van der Waals surface area contributed by atoms with E-state index in [4.69, 9.17) is 0 Å². The Labute approximate surface area is 139 Å². The molecule has 2 N–H and O–H groups in total. The van der Waals surface area contributed by atoms with E-state index in [0.29, 0.717) is 18.5 Å². The van der Waals surface area contributed by atoms with E-state index in [1.165, 1.54) is 23.8 Å². The standard InChI is InChI=1S/C19H18FN3O/c1-13-5-7-14(8-6-13)18-22-12-17(23-18)9-10-21-19(24)15-3-2-4-16(20)11-15/h2-8,11-12H,9-10H2,1H3,(H,21,24)(H,22,23). The molecular formula is C19H18FN3O. The highest BCUT2D eigenvalue weighted by atomic mass is 19.1. The van der Waals surface area contributed by atoms with Gasteiger partial charge >= 0.3 is 0 Å². The number of nitrogens with zero attached hydrogens (tertiary/aromatic N) is 1. The average Bonchev–Trinajstić information content (AvgIpc) is 3.04. The van der Waals surface area contributed by atoms with Crippen LogP contribution in [0.25, 0.3) is 11.4 Å². The molecule has 0 radical (unpaired) electrons. The zero-order chi connectivity index (χ0) is 16.9. The van der Waals surface area contributed by atoms with Crippen molar-refractivity contribution in [2.45, 2.75) is 13.3 Å². The van der Waals surface area contributed by atoms with E-state index in [2.05, 4.69) is 15.3 Å². The number of amides is 1. The maximum atomic E-state index is 13.1. The summed E-state index contributed by atoms with van der Waals surface area (Å²) in [4.78, 5) is 19.6. The SMILES string of the molecule is Cc1ccc(-c2ncc(CCNC(=O)c3cccc(F)c3)[nH]2)cc1. The number of halogens is 1. The highest BCUT2D eigenvalue weighted by molar-refractivity contribution is 5.94. The lowest BCUT2D eigenvalue weighted by Crippen LogP contribution is -2.25. The Hall–Kier alpha value is -2.95. The second kappa shape index (κ2) is 7.08. The Balaban J connectivity index is 1.56. The smallest absolute Gasteiger partial charge is 0.251 e. The molecular weight excluding hydrogens is 305 g/mol. The molecule has 0 aliphatic rings. The predicted octanol–water partition coefficient (Wildman–Crippen LogP) is 3.50. The summed E-state index contributed by atoms with van der Waals surface area (Å²) in [6.07, 6.45) is 2.39. The maximum absolute atomic E-state index is 13.1. The van der Waals surface area contributed by atoms with Gasteiger partial charge in [-0.1, -0.05) is 35.9 Å². The molecule has 0 fully saturated rings. The van der Waals surface area contributed by atoms with Gasteiger partial charge in [0.2, 0.25) is 0 Å². The van der Waals surface area contributed by atoms with Crippen LogP contribution in [0, 0.1) is 12.7 Å². The lowest BCUT2D eigenvalue weighted by atomic mass is 10.1. The molecule has 0 saturated heterocycles. The quantitative estimate of drug-likeness (QED) is 0.755. The Morgan fingerprint density at radius 2 is 2.00 bits per heavy atom. The topological polar surface area (TPSA) is 57.8 Å². The molecule has 0 aliphatic heterocycles. The van der Waals surface area contributed by atoms with Crippen molar-refractivity contribution < 1.29 is 9.18 Å². The summed E-state index contributed by atoms with van der Waals surface area (Å²) in [6.45, 7) is 2.49. The summed E-state index contributed by atoms with van der Waals surface area (Å²) < 4.78 is 13.1. The first-order valence-corrected chi connectivity index (χ1v) is 7.76. The van der Waals surface area contributed by atoms with E-state index in [9.17, 15) is 9.18 Å². The van der Waals surface area contributed by atoms with Crippen LogP contribution in [0.4, 0.5) is 4.39 Å². The average molecular weight is 323 g/mol. The molecule has 1 amide bonds. The Morgan fingerprint density at radius 1 is 1.21 bits per heavy atom. The zero-order valence-electron chi connectivity index (χ0n) is 13.3. The summed E-state index contributed by atoms with van der Waals surface area (Å²) in [5.41, 5.74) is 3.48. The van der Waals surface area contributed by atoms with Gasteiger partial charge in [0, 0.05) is 36.0 Å². The van der Waals surface area contributed by atoms with Gasteiger partial charge in [-0.2, -0.15) is 0 Å². The third kappa shape index (κ3) is 3.87. The van der Waals surface area contributed by atoms with Crippen LogP contribution < -0.4 is 5.32 Å². The number of aromatic amines is 1. The third-order valence-corrected chi connectivity index (χ3v) is 3.72. The number of rotatable bonds is 5. The van der Waals surface area contributed by atoms with Crippen LogP contribution in [0.3, 0.4) is 0 Å². The van der Waals surface area contributed by atoms with Gasteiger partial charge in [0.25, 0.3) is 5.91 Å². The van der Waals surface area contributed by atoms with Crippen molar-refractivity contribution in [1.82, 2.24) is 15.3 Å². The van der Waals surface area contributed by atoms with Crippen LogP contribution in [0.15, 0.2) is 54.7 Å².